The smallest absolute Gasteiger partial charge is 0.241 e. The van der Waals surface area contributed by atoms with E-state index in [9.17, 15) is 4.79 Å². The minimum atomic E-state index is -0.0313. The van der Waals surface area contributed by atoms with Crippen LogP contribution in [0, 0.1) is 0 Å². The number of hydrogen-bond acceptors (Lipinski definition) is 7. The van der Waals surface area contributed by atoms with Crippen LogP contribution in [0.2, 0.25) is 0 Å². The SMILES string of the molecule is COCCCNC(=O)CN(C)Cc1nc(-c2ccsc2)no1. The Morgan fingerprint density at radius 3 is 3.14 bits per heavy atom. The van der Waals surface area contributed by atoms with Crippen molar-refractivity contribution in [2.24, 2.45) is 0 Å². The van der Waals surface area contributed by atoms with Crippen LogP contribution in [-0.2, 0) is 16.1 Å². The van der Waals surface area contributed by atoms with Gasteiger partial charge in [-0.2, -0.15) is 16.3 Å². The van der Waals surface area contributed by atoms with Crippen molar-refractivity contribution in [3.8, 4) is 11.4 Å². The third-order valence-electron chi connectivity index (χ3n) is 2.91. The largest absolute Gasteiger partial charge is 0.385 e. The van der Waals surface area contributed by atoms with E-state index in [0.717, 1.165) is 12.0 Å². The molecule has 0 atom stereocenters. The molecule has 2 aromatic heterocycles. The molecule has 2 aromatic rings. The van der Waals surface area contributed by atoms with Gasteiger partial charge in [0.25, 0.3) is 0 Å². The number of nitrogens with zero attached hydrogens (tertiary/aromatic N) is 3. The number of likely N-dealkylation sites (N-methyl/N-ethyl adjacent to an activating group) is 1. The van der Waals surface area contributed by atoms with E-state index in [-0.39, 0.29) is 12.5 Å². The molecule has 2 rings (SSSR count). The first-order valence-electron chi connectivity index (χ1n) is 6.98. The number of carbonyl (C=O) groups excluding carboxylic acids is 1. The number of thiophene rings is 1. The Bertz CT molecular complexity index is 570. The quantitative estimate of drug-likeness (QED) is 0.702. The van der Waals surface area contributed by atoms with E-state index in [4.69, 9.17) is 9.26 Å². The standard InChI is InChI=1S/C14H20N4O3S/c1-18(8-12(19)15-5-3-6-20-2)9-13-16-14(17-21-13)11-4-7-22-10-11/h4,7,10H,3,5-6,8-9H2,1-2H3,(H,15,19). The third kappa shape index (κ3) is 5.21. The van der Waals surface area contributed by atoms with Crippen molar-refractivity contribution in [1.29, 1.82) is 0 Å². The summed E-state index contributed by atoms with van der Waals surface area (Å²) in [6.07, 6.45) is 0.805. The van der Waals surface area contributed by atoms with Crippen LogP contribution in [0.1, 0.15) is 12.3 Å². The Hall–Kier alpha value is -1.77. The Balaban J connectivity index is 1.75. The molecule has 0 aliphatic carbocycles. The van der Waals surface area contributed by atoms with E-state index in [1.54, 1.807) is 18.4 Å². The molecule has 0 fully saturated rings. The molecule has 0 radical (unpaired) electrons. The fraction of sp³-hybridized carbons (Fsp3) is 0.500. The van der Waals surface area contributed by atoms with Crippen LogP contribution in [0.4, 0.5) is 0 Å². The second-order valence-electron chi connectivity index (χ2n) is 4.89. The maximum absolute atomic E-state index is 11.7. The van der Waals surface area contributed by atoms with Gasteiger partial charge in [0.05, 0.1) is 13.1 Å². The summed E-state index contributed by atoms with van der Waals surface area (Å²) in [6.45, 7) is 1.97. The number of rotatable bonds is 9. The minimum Gasteiger partial charge on any atom is -0.385 e. The van der Waals surface area contributed by atoms with Crippen molar-refractivity contribution in [3.63, 3.8) is 0 Å². The van der Waals surface area contributed by atoms with Crippen molar-refractivity contribution in [1.82, 2.24) is 20.4 Å². The molecular formula is C14H20N4O3S. The van der Waals surface area contributed by atoms with Crippen LogP contribution in [0.15, 0.2) is 21.3 Å². The first-order chi connectivity index (χ1) is 10.7. The van der Waals surface area contributed by atoms with E-state index in [1.807, 2.05) is 28.8 Å². The van der Waals surface area contributed by atoms with Crippen molar-refractivity contribution in [3.05, 3.63) is 22.7 Å². The average molecular weight is 324 g/mol. The molecule has 0 saturated carbocycles. The summed E-state index contributed by atoms with van der Waals surface area (Å²) in [6, 6.07) is 1.94. The van der Waals surface area contributed by atoms with Gasteiger partial charge in [-0.3, -0.25) is 9.69 Å². The van der Waals surface area contributed by atoms with Crippen molar-refractivity contribution in [2.45, 2.75) is 13.0 Å². The molecule has 0 unspecified atom stereocenters. The first kappa shape index (κ1) is 16.6. The average Bonchev–Trinajstić information content (AvgIpc) is 3.14. The first-order valence-corrected chi connectivity index (χ1v) is 7.92. The highest BCUT2D eigenvalue weighted by Crippen LogP contribution is 2.18. The molecule has 1 N–H and O–H groups in total. The molecule has 0 aliphatic rings. The van der Waals surface area contributed by atoms with E-state index in [1.165, 1.54) is 0 Å². The lowest BCUT2D eigenvalue weighted by Crippen LogP contribution is -2.35. The second-order valence-corrected chi connectivity index (χ2v) is 5.67. The molecule has 0 saturated heterocycles. The molecule has 2 heterocycles. The summed E-state index contributed by atoms with van der Waals surface area (Å²) in [5, 5.41) is 10.7. The molecule has 0 spiro atoms. The van der Waals surface area contributed by atoms with Crippen LogP contribution in [-0.4, -0.2) is 54.8 Å². The zero-order valence-corrected chi connectivity index (χ0v) is 13.6. The molecule has 22 heavy (non-hydrogen) atoms. The number of hydrogen-bond donors (Lipinski definition) is 1. The predicted octanol–water partition coefficient (Wildman–Crippen LogP) is 1.38. The summed E-state index contributed by atoms with van der Waals surface area (Å²) >= 11 is 1.58. The van der Waals surface area contributed by atoms with Crippen LogP contribution < -0.4 is 5.32 Å². The van der Waals surface area contributed by atoms with Gasteiger partial charge in [-0.25, -0.2) is 0 Å². The van der Waals surface area contributed by atoms with Gasteiger partial charge in [-0.1, -0.05) is 5.16 Å². The summed E-state index contributed by atoms with van der Waals surface area (Å²) < 4.78 is 10.1. The van der Waals surface area contributed by atoms with Gasteiger partial charge in [0.2, 0.25) is 17.6 Å². The Labute approximate surface area is 133 Å². The lowest BCUT2D eigenvalue weighted by Gasteiger charge is -2.13. The summed E-state index contributed by atoms with van der Waals surface area (Å²) in [5.41, 5.74) is 0.943. The summed E-state index contributed by atoms with van der Waals surface area (Å²) in [5.74, 6) is 1.04. The normalized spacial score (nSPS) is 11.0. The molecule has 8 heteroatoms. The fourth-order valence-electron chi connectivity index (χ4n) is 1.86. The monoisotopic (exact) mass is 324 g/mol. The number of nitrogens with one attached hydrogen (secondary N) is 1. The summed E-state index contributed by atoms with van der Waals surface area (Å²) in [4.78, 5) is 17.9. The highest BCUT2D eigenvalue weighted by molar-refractivity contribution is 7.08. The van der Waals surface area contributed by atoms with E-state index < -0.39 is 0 Å². The van der Waals surface area contributed by atoms with Crippen LogP contribution in [0.3, 0.4) is 0 Å². The van der Waals surface area contributed by atoms with Crippen LogP contribution in [0.5, 0.6) is 0 Å². The molecule has 0 bridgehead atoms. The van der Waals surface area contributed by atoms with Crippen molar-refractivity contribution < 1.29 is 14.1 Å². The molecule has 0 aromatic carbocycles. The Morgan fingerprint density at radius 1 is 1.55 bits per heavy atom. The Kier molecular flexibility index (Phi) is 6.50. The van der Waals surface area contributed by atoms with Gasteiger partial charge in [0.15, 0.2) is 0 Å². The molecule has 7 nitrogen and oxygen atoms in total. The van der Waals surface area contributed by atoms with E-state index in [0.29, 0.717) is 31.4 Å². The van der Waals surface area contributed by atoms with Gasteiger partial charge in [0, 0.05) is 31.2 Å². The number of carbonyl (C=O) groups is 1. The molecule has 120 valence electrons. The van der Waals surface area contributed by atoms with Gasteiger partial charge in [-0.05, 0) is 24.9 Å². The Morgan fingerprint density at radius 2 is 2.41 bits per heavy atom. The van der Waals surface area contributed by atoms with Crippen LogP contribution in [0.25, 0.3) is 11.4 Å². The van der Waals surface area contributed by atoms with Gasteiger partial charge in [-0.15, -0.1) is 0 Å². The number of amides is 1. The topological polar surface area (TPSA) is 80.5 Å². The lowest BCUT2D eigenvalue weighted by atomic mass is 10.3. The lowest BCUT2D eigenvalue weighted by molar-refractivity contribution is -0.122. The molecule has 0 aliphatic heterocycles. The maximum atomic E-state index is 11.7. The van der Waals surface area contributed by atoms with E-state index in [2.05, 4.69) is 15.5 Å². The summed E-state index contributed by atoms with van der Waals surface area (Å²) in [7, 11) is 3.48. The maximum Gasteiger partial charge on any atom is 0.241 e. The zero-order chi connectivity index (χ0) is 15.8. The van der Waals surface area contributed by atoms with Gasteiger partial charge in [0.1, 0.15) is 0 Å². The number of aromatic nitrogens is 2. The number of ether oxygens (including phenoxy) is 1. The van der Waals surface area contributed by atoms with Crippen molar-refractivity contribution in [2.75, 3.05) is 33.9 Å². The van der Waals surface area contributed by atoms with Gasteiger partial charge < -0.3 is 14.6 Å². The third-order valence-corrected chi connectivity index (χ3v) is 3.60. The second kappa shape index (κ2) is 8.62. The number of methoxy groups -OCH3 is 1. The highest BCUT2D eigenvalue weighted by atomic mass is 32.1. The highest BCUT2D eigenvalue weighted by Gasteiger charge is 2.13. The fourth-order valence-corrected chi connectivity index (χ4v) is 2.49. The zero-order valence-electron chi connectivity index (χ0n) is 12.7. The molecular weight excluding hydrogens is 304 g/mol. The van der Waals surface area contributed by atoms with Crippen LogP contribution >= 0.6 is 11.3 Å². The molecule has 1 amide bonds. The van der Waals surface area contributed by atoms with Crippen molar-refractivity contribution >= 4 is 17.2 Å². The predicted molar refractivity (Wildman–Crippen MR) is 83.4 cm³/mol. The van der Waals surface area contributed by atoms with E-state index >= 15 is 0 Å². The minimum absolute atomic E-state index is 0.0313. The van der Waals surface area contributed by atoms with Gasteiger partial charge >= 0.3 is 0 Å².